The number of rotatable bonds is 4. The normalized spacial score (nSPS) is 14.6. The number of hydrogen-bond donors (Lipinski definition) is 2. The summed E-state index contributed by atoms with van der Waals surface area (Å²) >= 11 is 5.47. The lowest BCUT2D eigenvalue weighted by Gasteiger charge is -2.28. The molecule has 1 aromatic rings. The van der Waals surface area contributed by atoms with Crippen molar-refractivity contribution in [3.63, 3.8) is 0 Å². The first-order valence-electron chi connectivity index (χ1n) is 4.85. The molecule has 0 aliphatic rings. The SMILES string of the molecule is CC(O)C(C)(C)NS(=O)(=O)c1cnc(Cl)nc1. The highest BCUT2D eigenvalue weighted by molar-refractivity contribution is 7.89. The first-order chi connectivity index (χ1) is 7.65. The summed E-state index contributed by atoms with van der Waals surface area (Å²) in [5.41, 5.74) is -0.988. The van der Waals surface area contributed by atoms with E-state index in [0.29, 0.717) is 0 Å². The first-order valence-corrected chi connectivity index (χ1v) is 6.71. The summed E-state index contributed by atoms with van der Waals surface area (Å²) in [5.74, 6) is 0. The van der Waals surface area contributed by atoms with Gasteiger partial charge in [-0.1, -0.05) is 0 Å². The number of aromatic nitrogens is 2. The molecule has 0 aliphatic carbocycles. The zero-order chi connectivity index (χ0) is 13.3. The van der Waals surface area contributed by atoms with Gasteiger partial charge in [-0.3, -0.25) is 0 Å². The molecule has 0 saturated heterocycles. The van der Waals surface area contributed by atoms with Gasteiger partial charge in [-0.05, 0) is 32.4 Å². The molecule has 0 amide bonds. The molecule has 0 aromatic carbocycles. The van der Waals surface area contributed by atoms with Gasteiger partial charge in [0.2, 0.25) is 15.3 Å². The van der Waals surface area contributed by atoms with Crippen molar-refractivity contribution in [1.82, 2.24) is 14.7 Å². The predicted molar refractivity (Wildman–Crippen MR) is 63.1 cm³/mol. The molecule has 1 atom stereocenters. The third-order valence-electron chi connectivity index (χ3n) is 2.35. The molecule has 1 aromatic heterocycles. The fourth-order valence-electron chi connectivity index (χ4n) is 0.930. The van der Waals surface area contributed by atoms with E-state index in [1.54, 1.807) is 13.8 Å². The van der Waals surface area contributed by atoms with E-state index in [4.69, 9.17) is 11.6 Å². The number of halogens is 1. The third-order valence-corrected chi connectivity index (χ3v) is 4.17. The van der Waals surface area contributed by atoms with Gasteiger partial charge < -0.3 is 5.11 Å². The lowest BCUT2D eigenvalue weighted by atomic mass is 10.0. The molecule has 1 unspecified atom stereocenters. The van der Waals surface area contributed by atoms with E-state index in [9.17, 15) is 13.5 Å². The Balaban J connectivity index is 3.01. The average Bonchev–Trinajstić information content (AvgIpc) is 2.16. The Kier molecular flexibility index (Phi) is 4.08. The third kappa shape index (κ3) is 3.60. The molecule has 0 bridgehead atoms. The monoisotopic (exact) mass is 279 g/mol. The van der Waals surface area contributed by atoms with Gasteiger partial charge in [-0.25, -0.2) is 23.1 Å². The van der Waals surface area contributed by atoms with Crippen LogP contribution in [0.3, 0.4) is 0 Å². The highest BCUT2D eigenvalue weighted by Gasteiger charge is 2.30. The minimum Gasteiger partial charge on any atom is -0.391 e. The molecule has 1 heterocycles. The lowest BCUT2D eigenvalue weighted by molar-refractivity contribution is 0.111. The molecule has 0 fully saturated rings. The molecule has 8 heteroatoms. The second-order valence-corrected chi connectivity index (χ2v) is 6.21. The highest BCUT2D eigenvalue weighted by atomic mass is 35.5. The molecule has 2 N–H and O–H groups in total. The second-order valence-electron chi connectivity index (χ2n) is 4.19. The van der Waals surface area contributed by atoms with Crippen LogP contribution in [0.1, 0.15) is 20.8 Å². The molecule has 0 aliphatic heterocycles. The van der Waals surface area contributed by atoms with E-state index < -0.39 is 21.7 Å². The molecular formula is C9H14ClN3O3S. The molecule has 0 radical (unpaired) electrons. The van der Waals surface area contributed by atoms with Gasteiger partial charge in [0.25, 0.3) is 0 Å². The van der Waals surface area contributed by atoms with Crippen molar-refractivity contribution in [3.05, 3.63) is 17.7 Å². The van der Waals surface area contributed by atoms with Crippen molar-refractivity contribution in [2.75, 3.05) is 0 Å². The smallest absolute Gasteiger partial charge is 0.244 e. The summed E-state index contributed by atoms with van der Waals surface area (Å²) in [5, 5.41) is 9.43. The molecular weight excluding hydrogens is 266 g/mol. The molecule has 17 heavy (non-hydrogen) atoms. The molecule has 0 saturated carbocycles. The summed E-state index contributed by atoms with van der Waals surface area (Å²) < 4.78 is 26.2. The van der Waals surface area contributed by atoms with Crippen molar-refractivity contribution in [1.29, 1.82) is 0 Å². The Morgan fingerprint density at radius 2 is 1.88 bits per heavy atom. The maximum absolute atomic E-state index is 11.9. The summed E-state index contributed by atoms with van der Waals surface area (Å²) in [4.78, 5) is 7.08. The van der Waals surface area contributed by atoms with Crippen molar-refractivity contribution < 1.29 is 13.5 Å². The standard InChI is InChI=1S/C9H14ClN3O3S/c1-6(14)9(2,3)13-17(15,16)7-4-11-8(10)12-5-7/h4-6,13-14H,1-3H3. The van der Waals surface area contributed by atoms with Gasteiger partial charge in [0.05, 0.1) is 24.0 Å². The predicted octanol–water partition coefficient (Wildman–Crippen LogP) is 0.568. The second kappa shape index (κ2) is 4.85. The van der Waals surface area contributed by atoms with Gasteiger partial charge in [0.1, 0.15) is 4.90 Å². The van der Waals surface area contributed by atoms with Crippen molar-refractivity contribution >= 4 is 21.6 Å². The molecule has 96 valence electrons. The van der Waals surface area contributed by atoms with Crippen LogP contribution in [-0.4, -0.2) is 35.1 Å². The van der Waals surface area contributed by atoms with E-state index in [0.717, 1.165) is 12.4 Å². The summed E-state index contributed by atoms with van der Waals surface area (Å²) in [6.45, 7) is 4.65. The minimum atomic E-state index is -3.77. The number of nitrogens with zero attached hydrogens (tertiary/aromatic N) is 2. The Hall–Kier alpha value is -0.760. The fraction of sp³-hybridized carbons (Fsp3) is 0.556. The number of sulfonamides is 1. The van der Waals surface area contributed by atoms with E-state index in [1.165, 1.54) is 6.92 Å². The van der Waals surface area contributed by atoms with E-state index in [-0.39, 0.29) is 10.2 Å². The zero-order valence-corrected chi connectivity index (χ0v) is 11.2. The average molecular weight is 280 g/mol. The zero-order valence-electron chi connectivity index (χ0n) is 9.68. The number of hydrogen-bond acceptors (Lipinski definition) is 5. The molecule has 0 spiro atoms. The topological polar surface area (TPSA) is 92.2 Å². The summed E-state index contributed by atoms with van der Waals surface area (Å²) in [6.07, 6.45) is 1.37. The Morgan fingerprint density at radius 1 is 1.41 bits per heavy atom. The quantitative estimate of drug-likeness (QED) is 0.786. The van der Waals surface area contributed by atoms with Crippen molar-refractivity contribution in [2.24, 2.45) is 0 Å². The number of aliphatic hydroxyl groups excluding tert-OH is 1. The van der Waals surface area contributed by atoms with E-state index in [2.05, 4.69) is 14.7 Å². The molecule has 6 nitrogen and oxygen atoms in total. The van der Waals surface area contributed by atoms with Crippen LogP contribution in [0.25, 0.3) is 0 Å². The summed E-state index contributed by atoms with van der Waals surface area (Å²) in [6, 6.07) is 0. The van der Waals surface area contributed by atoms with Crippen LogP contribution in [0.5, 0.6) is 0 Å². The Labute approximate surface area is 105 Å². The highest BCUT2D eigenvalue weighted by Crippen LogP contribution is 2.15. The Bertz CT molecular complexity index is 485. The maximum atomic E-state index is 11.9. The van der Waals surface area contributed by atoms with E-state index in [1.807, 2.05) is 0 Å². The van der Waals surface area contributed by atoms with Gasteiger partial charge in [-0.15, -0.1) is 0 Å². The largest absolute Gasteiger partial charge is 0.391 e. The van der Waals surface area contributed by atoms with Crippen LogP contribution in [0.15, 0.2) is 17.3 Å². The van der Waals surface area contributed by atoms with Crippen LogP contribution in [-0.2, 0) is 10.0 Å². The van der Waals surface area contributed by atoms with Crippen LogP contribution < -0.4 is 4.72 Å². The molecule has 1 rings (SSSR count). The number of nitrogens with one attached hydrogen (secondary N) is 1. The Morgan fingerprint density at radius 3 is 2.29 bits per heavy atom. The maximum Gasteiger partial charge on any atom is 0.244 e. The van der Waals surface area contributed by atoms with Gasteiger partial charge in [0.15, 0.2) is 0 Å². The van der Waals surface area contributed by atoms with Crippen molar-refractivity contribution in [2.45, 2.75) is 37.3 Å². The van der Waals surface area contributed by atoms with E-state index >= 15 is 0 Å². The first kappa shape index (κ1) is 14.3. The summed E-state index contributed by atoms with van der Waals surface area (Å²) in [7, 11) is -3.77. The van der Waals surface area contributed by atoms with Crippen LogP contribution >= 0.6 is 11.6 Å². The van der Waals surface area contributed by atoms with Crippen LogP contribution in [0, 0.1) is 0 Å². The minimum absolute atomic E-state index is 0.0289. The van der Waals surface area contributed by atoms with Crippen molar-refractivity contribution in [3.8, 4) is 0 Å². The van der Waals surface area contributed by atoms with Crippen LogP contribution in [0.2, 0.25) is 5.28 Å². The fourth-order valence-corrected chi connectivity index (χ4v) is 2.39. The van der Waals surface area contributed by atoms with Gasteiger partial charge in [0, 0.05) is 0 Å². The number of aliphatic hydroxyl groups is 1. The lowest BCUT2D eigenvalue weighted by Crippen LogP contribution is -2.50. The van der Waals surface area contributed by atoms with Gasteiger partial charge >= 0.3 is 0 Å². The van der Waals surface area contributed by atoms with Gasteiger partial charge in [-0.2, -0.15) is 0 Å². The van der Waals surface area contributed by atoms with Crippen LogP contribution in [0.4, 0.5) is 0 Å².